The van der Waals surface area contributed by atoms with Crippen molar-refractivity contribution in [1.82, 2.24) is 5.48 Å². The Morgan fingerprint density at radius 2 is 1.72 bits per heavy atom. The van der Waals surface area contributed by atoms with Crippen LogP contribution in [0.5, 0.6) is 0 Å². The lowest BCUT2D eigenvalue weighted by Crippen LogP contribution is -2.53. The molecule has 0 saturated heterocycles. The maximum atomic E-state index is 12.0. The third kappa shape index (κ3) is 4.66. The summed E-state index contributed by atoms with van der Waals surface area (Å²) in [6.07, 6.45) is 0.0924. The number of nitrogens with one attached hydrogen (secondary N) is 1. The molecule has 0 heterocycles. The molecule has 2 atom stereocenters. The second-order valence-corrected chi connectivity index (χ2v) is 6.20. The number of hydrogen-bond donors (Lipinski definition) is 3. The van der Waals surface area contributed by atoms with Gasteiger partial charge < -0.3 is 9.84 Å². The molecule has 0 aliphatic carbocycles. The monoisotopic (exact) mass is 343 g/mol. The highest BCUT2D eigenvalue weighted by Gasteiger charge is 2.41. The second-order valence-electron chi connectivity index (χ2n) is 6.20. The van der Waals surface area contributed by atoms with E-state index >= 15 is 0 Å². The van der Waals surface area contributed by atoms with E-state index in [0.717, 1.165) is 16.7 Å². The fourth-order valence-corrected chi connectivity index (χ4v) is 2.63. The van der Waals surface area contributed by atoms with Crippen molar-refractivity contribution in [3.05, 3.63) is 60.2 Å². The predicted molar refractivity (Wildman–Crippen MR) is 95.9 cm³/mol. The van der Waals surface area contributed by atoms with E-state index in [1.54, 1.807) is 5.48 Å². The lowest BCUT2D eigenvalue weighted by atomic mass is 9.94. The Morgan fingerprint density at radius 1 is 1.12 bits per heavy atom. The van der Waals surface area contributed by atoms with Crippen LogP contribution >= 0.6 is 0 Å². The topological polar surface area (TPSA) is 78.8 Å². The maximum Gasteiger partial charge on any atom is 0.277 e. The number of carbonyl (C=O) groups is 1. The molecule has 25 heavy (non-hydrogen) atoms. The molecule has 0 aromatic heterocycles. The van der Waals surface area contributed by atoms with Gasteiger partial charge in [0.2, 0.25) is 0 Å². The van der Waals surface area contributed by atoms with Crippen LogP contribution < -0.4 is 5.48 Å². The van der Waals surface area contributed by atoms with Gasteiger partial charge in [-0.1, -0.05) is 67.9 Å². The molecule has 2 rings (SSSR count). The Bertz CT molecular complexity index is 672. The molecule has 3 N–H and O–H groups in total. The summed E-state index contributed by atoms with van der Waals surface area (Å²) in [5.74, 6) is -0.755. The van der Waals surface area contributed by atoms with Crippen molar-refractivity contribution >= 4 is 5.91 Å². The summed E-state index contributed by atoms with van der Waals surface area (Å²) in [6, 6.07) is 17.8. The zero-order valence-electron chi connectivity index (χ0n) is 14.6. The van der Waals surface area contributed by atoms with Crippen LogP contribution in [-0.4, -0.2) is 27.9 Å². The van der Waals surface area contributed by atoms with Gasteiger partial charge in [-0.15, -0.1) is 0 Å². The minimum Gasteiger partial charge on any atom is -0.390 e. The van der Waals surface area contributed by atoms with Crippen molar-refractivity contribution in [2.24, 2.45) is 0 Å². The first kappa shape index (κ1) is 19.1. The van der Waals surface area contributed by atoms with E-state index in [0.29, 0.717) is 12.8 Å². The summed E-state index contributed by atoms with van der Waals surface area (Å²) >= 11 is 0. The number of ether oxygens (including phenoxy) is 1. The first-order valence-electron chi connectivity index (χ1n) is 8.42. The zero-order valence-corrected chi connectivity index (χ0v) is 14.6. The molecule has 1 amide bonds. The first-order chi connectivity index (χ1) is 12.0. The number of aliphatic hydroxyl groups excluding tert-OH is 1. The molecule has 2 aromatic rings. The highest BCUT2D eigenvalue weighted by atomic mass is 16.5. The summed E-state index contributed by atoms with van der Waals surface area (Å²) in [5, 5.41) is 19.2. The van der Waals surface area contributed by atoms with Gasteiger partial charge in [0, 0.05) is 0 Å². The SMILES string of the molecule is CCC[C@@H](O)[C@](C)(OCc1ccc(-c2ccccc2)cc1)C(=O)NO. The van der Waals surface area contributed by atoms with Crippen molar-refractivity contribution in [3.8, 4) is 11.1 Å². The minimum absolute atomic E-state index is 0.153. The Kier molecular flexibility index (Phi) is 6.70. The molecule has 0 bridgehead atoms. The van der Waals surface area contributed by atoms with Crippen LogP contribution in [-0.2, 0) is 16.1 Å². The number of carbonyl (C=O) groups excluding carboxylic acids is 1. The minimum atomic E-state index is -1.51. The summed E-state index contributed by atoms with van der Waals surface area (Å²) in [5.41, 5.74) is 3.16. The van der Waals surface area contributed by atoms with Gasteiger partial charge in [-0.25, -0.2) is 5.48 Å². The predicted octanol–water partition coefficient (Wildman–Crippen LogP) is 3.30. The standard InChI is InChI=1S/C20H25NO4/c1-3-7-18(22)20(2,19(23)21-24)25-14-15-10-12-17(13-11-15)16-8-5-4-6-9-16/h4-6,8-13,18,22,24H,3,7,14H2,1-2H3,(H,21,23)/t18-,20+/m1/s1. The van der Waals surface area contributed by atoms with Crippen LogP contribution in [0.4, 0.5) is 0 Å². The molecular weight excluding hydrogens is 318 g/mol. The van der Waals surface area contributed by atoms with Crippen molar-refractivity contribution in [1.29, 1.82) is 0 Å². The molecule has 0 radical (unpaired) electrons. The molecule has 0 fully saturated rings. The molecule has 0 aliphatic heterocycles. The maximum absolute atomic E-state index is 12.0. The lowest BCUT2D eigenvalue weighted by Gasteiger charge is -2.32. The zero-order chi connectivity index (χ0) is 18.3. The van der Waals surface area contributed by atoms with Gasteiger partial charge in [-0.3, -0.25) is 10.0 Å². The van der Waals surface area contributed by atoms with Crippen LogP contribution in [0.2, 0.25) is 0 Å². The summed E-state index contributed by atoms with van der Waals surface area (Å²) in [4.78, 5) is 12.0. The summed E-state index contributed by atoms with van der Waals surface area (Å²) in [7, 11) is 0. The van der Waals surface area contributed by atoms with Crippen LogP contribution in [0.1, 0.15) is 32.3 Å². The largest absolute Gasteiger partial charge is 0.390 e. The number of amides is 1. The van der Waals surface area contributed by atoms with Crippen LogP contribution in [0, 0.1) is 0 Å². The Morgan fingerprint density at radius 3 is 2.28 bits per heavy atom. The van der Waals surface area contributed by atoms with Crippen LogP contribution in [0.25, 0.3) is 11.1 Å². The van der Waals surface area contributed by atoms with Crippen LogP contribution in [0.15, 0.2) is 54.6 Å². The van der Waals surface area contributed by atoms with E-state index in [9.17, 15) is 9.90 Å². The second kappa shape index (κ2) is 8.76. The van der Waals surface area contributed by atoms with Crippen molar-refractivity contribution < 1.29 is 19.8 Å². The molecule has 5 nitrogen and oxygen atoms in total. The van der Waals surface area contributed by atoms with Gasteiger partial charge in [-0.05, 0) is 30.0 Å². The highest BCUT2D eigenvalue weighted by Crippen LogP contribution is 2.24. The number of hydrogen-bond acceptors (Lipinski definition) is 4. The normalized spacial score (nSPS) is 14.6. The number of rotatable bonds is 8. The van der Waals surface area contributed by atoms with Crippen molar-refractivity contribution in [2.45, 2.75) is 45.0 Å². The molecule has 134 valence electrons. The van der Waals surface area contributed by atoms with E-state index in [-0.39, 0.29) is 6.61 Å². The van der Waals surface area contributed by atoms with Gasteiger partial charge in [0.1, 0.15) is 0 Å². The van der Waals surface area contributed by atoms with E-state index in [1.165, 1.54) is 6.92 Å². The third-order valence-corrected chi connectivity index (χ3v) is 4.35. The van der Waals surface area contributed by atoms with Gasteiger partial charge in [-0.2, -0.15) is 0 Å². The lowest BCUT2D eigenvalue weighted by molar-refractivity contribution is -0.173. The average Bonchev–Trinajstić information content (AvgIpc) is 2.66. The van der Waals surface area contributed by atoms with Gasteiger partial charge in [0.15, 0.2) is 5.60 Å². The molecule has 0 spiro atoms. The fourth-order valence-electron chi connectivity index (χ4n) is 2.63. The molecular formula is C20H25NO4. The molecule has 0 saturated carbocycles. The van der Waals surface area contributed by atoms with E-state index in [2.05, 4.69) is 0 Å². The quantitative estimate of drug-likeness (QED) is 0.508. The molecule has 2 aromatic carbocycles. The van der Waals surface area contributed by atoms with E-state index < -0.39 is 17.6 Å². The Balaban J connectivity index is 2.08. The number of hydroxylamine groups is 1. The van der Waals surface area contributed by atoms with Crippen LogP contribution in [0.3, 0.4) is 0 Å². The fraction of sp³-hybridized carbons (Fsp3) is 0.350. The van der Waals surface area contributed by atoms with Gasteiger partial charge in [0.05, 0.1) is 12.7 Å². The van der Waals surface area contributed by atoms with Crippen molar-refractivity contribution in [2.75, 3.05) is 0 Å². The smallest absolute Gasteiger partial charge is 0.277 e. The molecule has 0 unspecified atom stereocenters. The third-order valence-electron chi connectivity index (χ3n) is 4.35. The molecule has 0 aliphatic rings. The van der Waals surface area contributed by atoms with Gasteiger partial charge in [0.25, 0.3) is 5.91 Å². The van der Waals surface area contributed by atoms with E-state index in [4.69, 9.17) is 9.94 Å². The average molecular weight is 343 g/mol. The number of aliphatic hydroxyl groups is 1. The first-order valence-corrected chi connectivity index (χ1v) is 8.42. The molecule has 5 heteroatoms. The summed E-state index contributed by atoms with van der Waals surface area (Å²) in [6.45, 7) is 3.54. The van der Waals surface area contributed by atoms with Crippen molar-refractivity contribution in [3.63, 3.8) is 0 Å². The Hall–Kier alpha value is -2.21. The summed E-state index contributed by atoms with van der Waals surface area (Å²) < 4.78 is 5.71. The highest BCUT2D eigenvalue weighted by molar-refractivity contribution is 5.84. The number of benzene rings is 2. The van der Waals surface area contributed by atoms with Gasteiger partial charge >= 0.3 is 0 Å². The Labute approximate surface area is 148 Å². The van der Waals surface area contributed by atoms with E-state index in [1.807, 2.05) is 61.5 Å².